The molecule has 2 heterocycles. The summed E-state index contributed by atoms with van der Waals surface area (Å²) in [5.74, 6) is 1.59. The maximum absolute atomic E-state index is 5.58. The predicted molar refractivity (Wildman–Crippen MR) is 65.8 cm³/mol. The van der Waals surface area contributed by atoms with Crippen molar-refractivity contribution in [3.05, 3.63) is 12.2 Å². The summed E-state index contributed by atoms with van der Waals surface area (Å²) < 4.78 is 7.55. The Morgan fingerprint density at radius 1 is 1.53 bits per heavy atom. The second-order valence-electron chi connectivity index (χ2n) is 4.48. The van der Waals surface area contributed by atoms with Crippen LogP contribution in [0.25, 0.3) is 0 Å². The summed E-state index contributed by atoms with van der Waals surface area (Å²) in [4.78, 5) is 4.34. The molecule has 5 heteroatoms. The Labute approximate surface area is 103 Å². The zero-order chi connectivity index (χ0) is 12.1. The molecule has 2 unspecified atom stereocenters. The summed E-state index contributed by atoms with van der Waals surface area (Å²) in [5.41, 5.74) is 0. The normalized spacial score (nSPS) is 25.1. The lowest BCUT2D eigenvalue weighted by molar-refractivity contribution is 0.0315. The zero-order valence-electron chi connectivity index (χ0n) is 10.7. The van der Waals surface area contributed by atoms with Crippen LogP contribution in [0.1, 0.15) is 26.1 Å². The predicted octanol–water partition coefficient (Wildman–Crippen LogP) is 0.855. The number of nitrogens with zero attached hydrogens (tertiary/aromatic N) is 3. The van der Waals surface area contributed by atoms with E-state index in [1.807, 2.05) is 4.68 Å². The Hall–Kier alpha value is -0.940. The van der Waals surface area contributed by atoms with Crippen LogP contribution in [0, 0.1) is 5.92 Å². The van der Waals surface area contributed by atoms with Gasteiger partial charge in [0.25, 0.3) is 0 Å². The molecule has 0 amide bonds. The van der Waals surface area contributed by atoms with Gasteiger partial charge in [0, 0.05) is 31.5 Å². The summed E-state index contributed by atoms with van der Waals surface area (Å²) >= 11 is 0. The highest BCUT2D eigenvalue weighted by atomic mass is 16.5. The Bertz CT molecular complexity index is 337. The zero-order valence-corrected chi connectivity index (χ0v) is 10.7. The van der Waals surface area contributed by atoms with Crippen molar-refractivity contribution in [2.24, 2.45) is 5.92 Å². The smallest absolute Gasteiger partial charge is 0.138 e. The Balaban J connectivity index is 2.00. The summed E-state index contributed by atoms with van der Waals surface area (Å²) in [5, 5.41) is 7.76. The first-order chi connectivity index (χ1) is 8.35. The van der Waals surface area contributed by atoms with Crippen molar-refractivity contribution in [3.63, 3.8) is 0 Å². The van der Waals surface area contributed by atoms with Crippen LogP contribution >= 0.6 is 0 Å². The first-order valence-corrected chi connectivity index (χ1v) is 6.53. The third-order valence-corrected chi connectivity index (χ3v) is 3.38. The van der Waals surface area contributed by atoms with E-state index in [2.05, 4.69) is 29.2 Å². The molecule has 0 saturated carbocycles. The third kappa shape index (κ3) is 3.04. The van der Waals surface area contributed by atoms with Crippen molar-refractivity contribution in [1.82, 2.24) is 20.1 Å². The summed E-state index contributed by atoms with van der Waals surface area (Å²) in [6.07, 6.45) is 3.69. The van der Waals surface area contributed by atoms with Gasteiger partial charge in [0.05, 0.1) is 6.61 Å². The molecule has 1 saturated heterocycles. The maximum atomic E-state index is 5.58. The molecular weight excluding hydrogens is 216 g/mol. The molecule has 0 radical (unpaired) electrons. The Morgan fingerprint density at radius 3 is 3.18 bits per heavy atom. The van der Waals surface area contributed by atoms with E-state index in [1.165, 1.54) is 0 Å². The van der Waals surface area contributed by atoms with Crippen LogP contribution < -0.4 is 5.32 Å². The van der Waals surface area contributed by atoms with Crippen LogP contribution in [0.3, 0.4) is 0 Å². The van der Waals surface area contributed by atoms with Gasteiger partial charge in [-0.2, -0.15) is 5.10 Å². The molecule has 0 aliphatic carbocycles. The lowest BCUT2D eigenvalue weighted by atomic mass is 9.92. The van der Waals surface area contributed by atoms with E-state index >= 15 is 0 Å². The lowest BCUT2D eigenvalue weighted by Gasteiger charge is -2.31. The SMILES string of the molecule is CCNC1CCOCC1Cc1ncnn1CC. The fourth-order valence-electron chi connectivity index (χ4n) is 2.47. The quantitative estimate of drug-likeness (QED) is 0.826. The van der Waals surface area contributed by atoms with Crippen molar-refractivity contribution >= 4 is 0 Å². The van der Waals surface area contributed by atoms with E-state index < -0.39 is 0 Å². The van der Waals surface area contributed by atoms with Crippen LogP contribution in [0.2, 0.25) is 0 Å². The third-order valence-electron chi connectivity index (χ3n) is 3.38. The van der Waals surface area contributed by atoms with Gasteiger partial charge in [0.15, 0.2) is 0 Å². The van der Waals surface area contributed by atoms with Crippen molar-refractivity contribution < 1.29 is 4.74 Å². The highest BCUT2D eigenvalue weighted by Gasteiger charge is 2.26. The van der Waals surface area contributed by atoms with Crippen LogP contribution in [0.5, 0.6) is 0 Å². The molecule has 96 valence electrons. The van der Waals surface area contributed by atoms with E-state index in [9.17, 15) is 0 Å². The molecule has 1 aromatic rings. The molecule has 0 bridgehead atoms. The van der Waals surface area contributed by atoms with Gasteiger partial charge < -0.3 is 10.1 Å². The molecular formula is C12H22N4O. The molecule has 17 heavy (non-hydrogen) atoms. The summed E-state index contributed by atoms with van der Waals surface area (Å²) in [7, 11) is 0. The summed E-state index contributed by atoms with van der Waals surface area (Å²) in [6, 6.07) is 0.552. The largest absolute Gasteiger partial charge is 0.381 e. The number of hydrogen-bond donors (Lipinski definition) is 1. The molecule has 5 nitrogen and oxygen atoms in total. The molecule has 1 N–H and O–H groups in total. The van der Waals surface area contributed by atoms with Crippen LogP contribution in [0.15, 0.2) is 6.33 Å². The molecule has 1 aromatic heterocycles. The molecule has 2 rings (SSSR count). The standard InChI is InChI=1S/C12H22N4O/c1-3-13-11-5-6-17-8-10(11)7-12-14-9-15-16(12)4-2/h9-11,13H,3-8H2,1-2H3. The monoisotopic (exact) mass is 238 g/mol. The van der Waals surface area contributed by atoms with E-state index in [1.54, 1.807) is 6.33 Å². The van der Waals surface area contributed by atoms with Gasteiger partial charge in [-0.15, -0.1) is 0 Å². The van der Waals surface area contributed by atoms with Crippen molar-refractivity contribution in [1.29, 1.82) is 0 Å². The second-order valence-corrected chi connectivity index (χ2v) is 4.48. The van der Waals surface area contributed by atoms with E-state index in [0.717, 1.165) is 45.0 Å². The minimum atomic E-state index is 0.512. The second kappa shape index (κ2) is 6.12. The fraction of sp³-hybridized carbons (Fsp3) is 0.833. The average Bonchev–Trinajstić information content (AvgIpc) is 2.79. The molecule has 1 fully saturated rings. The van der Waals surface area contributed by atoms with Crippen LogP contribution in [0.4, 0.5) is 0 Å². The first-order valence-electron chi connectivity index (χ1n) is 6.53. The van der Waals surface area contributed by atoms with E-state index in [-0.39, 0.29) is 0 Å². The number of aromatic nitrogens is 3. The first kappa shape index (κ1) is 12.5. The van der Waals surface area contributed by atoms with Gasteiger partial charge in [-0.1, -0.05) is 6.92 Å². The molecule has 1 aliphatic rings. The highest BCUT2D eigenvalue weighted by molar-refractivity contribution is 4.92. The molecule has 2 atom stereocenters. The van der Waals surface area contributed by atoms with Crippen LogP contribution in [-0.2, 0) is 17.7 Å². The number of hydrogen-bond acceptors (Lipinski definition) is 4. The fourth-order valence-corrected chi connectivity index (χ4v) is 2.47. The molecule has 0 spiro atoms. The Morgan fingerprint density at radius 2 is 2.41 bits per heavy atom. The van der Waals surface area contributed by atoms with Gasteiger partial charge in [0.1, 0.15) is 12.2 Å². The minimum Gasteiger partial charge on any atom is -0.381 e. The maximum Gasteiger partial charge on any atom is 0.138 e. The number of rotatable bonds is 5. The van der Waals surface area contributed by atoms with Crippen LogP contribution in [-0.4, -0.2) is 40.6 Å². The number of nitrogens with one attached hydrogen (secondary N) is 1. The average molecular weight is 238 g/mol. The highest BCUT2D eigenvalue weighted by Crippen LogP contribution is 2.18. The van der Waals surface area contributed by atoms with Crippen molar-refractivity contribution in [3.8, 4) is 0 Å². The number of aryl methyl sites for hydroxylation is 1. The number of ether oxygens (including phenoxy) is 1. The van der Waals surface area contributed by atoms with Crippen molar-refractivity contribution in [2.45, 2.75) is 39.3 Å². The van der Waals surface area contributed by atoms with Gasteiger partial charge in [0.2, 0.25) is 0 Å². The Kier molecular flexibility index (Phi) is 4.50. The van der Waals surface area contributed by atoms with Gasteiger partial charge in [-0.05, 0) is 19.9 Å². The van der Waals surface area contributed by atoms with E-state index in [4.69, 9.17) is 4.74 Å². The van der Waals surface area contributed by atoms with Crippen molar-refractivity contribution in [2.75, 3.05) is 19.8 Å². The summed E-state index contributed by atoms with van der Waals surface area (Å²) in [6.45, 7) is 7.84. The van der Waals surface area contributed by atoms with Gasteiger partial charge in [-0.25, -0.2) is 4.98 Å². The molecule has 1 aliphatic heterocycles. The molecule has 0 aromatic carbocycles. The minimum absolute atomic E-state index is 0.512. The topological polar surface area (TPSA) is 52.0 Å². The van der Waals surface area contributed by atoms with E-state index in [0.29, 0.717) is 12.0 Å². The van der Waals surface area contributed by atoms with Gasteiger partial charge in [-0.3, -0.25) is 4.68 Å². The van der Waals surface area contributed by atoms with Gasteiger partial charge >= 0.3 is 0 Å². The lowest BCUT2D eigenvalue weighted by Crippen LogP contribution is -2.43.